The molecule has 1 saturated heterocycles. The summed E-state index contributed by atoms with van der Waals surface area (Å²) in [5.41, 5.74) is 0.179. The van der Waals surface area contributed by atoms with E-state index >= 15 is 0 Å². The highest BCUT2D eigenvalue weighted by molar-refractivity contribution is 7.90. The SMILES string of the molecule is Cn1c(S(C)(=O)=O)nc(C(=O)O)c1CC1CCCO1. The summed E-state index contributed by atoms with van der Waals surface area (Å²) in [5.74, 6) is -1.22. The molecule has 1 aromatic rings. The van der Waals surface area contributed by atoms with Crippen LogP contribution in [0.3, 0.4) is 0 Å². The van der Waals surface area contributed by atoms with Gasteiger partial charge in [-0.2, -0.15) is 0 Å². The van der Waals surface area contributed by atoms with Crippen molar-refractivity contribution in [1.29, 1.82) is 0 Å². The quantitative estimate of drug-likeness (QED) is 0.852. The summed E-state index contributed by atoms with van der Waals surface area (Å²) in [6.07, 6.45) is 3.08. The smallest absolute Gasteiger partial charge is 0.356 e. The van der Waals surface area contributed by atoms with Gasteiger partial charge in [0.2, 0.25) is 15.0 Å². The lowest BCUT2D eigenvalue weighted by atomic mass is 10.1. The van der Waals surface area contributed by atoms with Gasteiger partial charge >= 0.3 is 5.97 Å². The predicted octanol–water partition coefficient (Wildman–Crippen LogP) is 0.243. The third kappa shape index (κ3) is 2.79. The molecule has 1 N–H and O–H groups in total. The van der Waals surface area contributed by atoms with Crippen molar-refractivity contribution in [2.75, 3.05) is 12.9 Å². The van der Waals surface area contributed by atoms with Crippen LogP contribution in [0.2, 0.25) is 0 Å². The Labute approximate surface area is 111 Å². The molecule has 0 aromatic carbocycles. The Bertz CT molecular complexity index is 599. The molecule has 1 unspecified atom stereocenters. The molecule has 0 saturated carbocycles. The van der Waals surface area contributed by atoms with E-state index in [9.17, 15) is 13.2 Å². The van der Waals surface area contributed by atoms with Gasteiger partial charge in [0.05, 0.1) is 11.8 Å². The zero-order chi connectivity index (χ0) is 14.2. The number of sulfone groups is 1. The second-order valence-corrected chi connectivity index (χ2v) is 6.57. The van der Waals surface area contributed by atoms with Crippen molar-refractivity contribution in [2.45, 2.75) is 30.5 Å². The highest BCUT2D eigenvalue weighted by Crippen LogP contribution is 2.22. The van der Waals surface area contributed by atoms with Gasteiger partial charge in [-0.15, -0.1) is 0 Å². The molecule has 1 fully saturated rings. The van der Waals surface area contributed by atoms with E-state index in [0.717, 1.165) is 19.1 Å². The van der Waals surface area contributed by atoms with Crippen LogP contribution in [0.4, 0.5) is 0 Å². The van der Waals surface area contributed by atoms with E-state index in [2.05, 4.69) is 4.98 Å². The van der Waals surface area contributed by atoms with Gasteiger partial charge in [-0.1, -0.05) is 0 Å². The zero-order valence-corrected chi connectivity index (χ0v) is 11.6. The van der Waals surface area contributed by atoms with Gasteiger partial charge in [0, 0.05) is 26.3 Å². The fraction of sp³-hybridized carbons (Fsp3) is 0.636. The molecule has 1 aliphatic rings. The van der Waals surface area contributed by atoms with E-state index in [-0.39, 0.29) is 17.0 Å². The maximum absolute atomic E-state index is 11.6. The molecular weight excluding hydrogens is 272 g/mol. The third-order valence-corrected chi connectivity index (χ3v) is 4.18. The second-order valence-electron chi connectivity index (χ2n) is 4.67. The van der Waals surface area contributed by atoms with Crippen molar-refractivity contribution in [1.82, 2.24) is 9.55 Å². The number of carbonyl (C=O) groups is 1. The lowest BCUT2D eigenvalue weighted by Crippen LogP contribution is -2.15. The minimum atomic E-state index is -3.55. The van der Waals surface area contributed by atoms with Gasteiger partial charge in [-0.05, 0) is 12.8 Å². The summed E-state index contributed by atoms with van der Waals surface area (Å²) in [4.78, 5) is 14.9. The Morgan fingerprint density at radius 2 is 2.26 bits per heavy atom. The van der Waals surface area contributed by atoms with E-state index in [1.54, 1.807) is 0 Å². The minimum absolute atomic E-state index is 0.0686. The number of hydrogen-bond acceptors (Lipinski definition) is 5. The van der Waals surface area contributed by atoms with Gasteiger partial charge in [0.15, 0.2) is 5.69 Å². The normalized spacial score (nSPS) is 19.8. The van der Waals surface area contributed by atoms with Gasteiger partial charge in [-0.3, -0.25) is 0 Å². The van der Waals surface area contributed by atoms with Crippen molar-refractivity contribution in [3.63, 3.8) is 0 Å². The maximum Gasteiger partial charge on any atom is 0.356 e. The van der Waals surface area contributed by atoms with E-state index in [4.69, 9.17) is 9.84 Å². The van der Waals surface area contributed by atoms with Crippen molar-refractivity contribution in [2.24, 2.45) is 7.05 Å². The Kier molecular flexibility index (Phi) is 3.64. The average molecular weight is 288 g/mol. The van der Waals surface area contributed by atoms with Crippen LogP contribution in [0.15, 0.2) is 5.16 Å². The van der Waals surface area contributed by atoms with E-state index in [1.807, 2.05) is 0 Å². The first-order valence-electron chi connectivity index (χ1n) is 5.91. The highest BCUT2D eigenvalue weighted by Gasteiger charge is 2.28. The number of nitrogens with zero attached hydrogens (tertiary/aromatic N) is 2. The predicted molar refractivity (Wildman–Crippen MR) is 66.0 cm³/mol. The molecular formula is C11H16N2O5S. The summed E-state index contributed by atoms with van der Waals surface area (Å²) in [7, 11) is -2.04. The van der Waals surface area contributed by atoms with Crippen molar-refractivity contribution < 1.29 is 23.1 Å². The fourth-order valence-electron chi connectivity index (χ4n) is 2.27. The summed E-state index contributed by atoms with van der Waals surface area (Å²) in [6, 6.07) is 0. The number of carboxylic acid groups (broad SMARTS) is 1. The van der Waals surface area contributed by atoms with Crippen LogP contribution in [0.25, 0.3) is 0 Å². The Balaban J connectivity index is 2.45. The van der Waals surface area contributed by atoms with Crippen molar-refractivity contribution in [3.8, 4) is 0 Å². The largest absolute Gasteiger partial charge is 0.476 e. The molecule has 0 aliphatic carbocycles. The number of carboxylic acids is 1. The molecule has 0 radical (unpaired) electrons. The number of aromatic carboxylic acids is 1. The first kappa shape index (κ1) is 14.0. The number of rotatable bonds is 4. The summed E-state index contributed by atoms with van der Waals surface area (Å²) in [6.45, 7) is 0.657. The molecule has 2 heterocycles. The molecule has 1 aromatic heterocycles. The molecule has 106 valence electrons. The topological polar surface area (TPSA) is 98.5 Å². The van der Waals surface area contributed by atoms with Crippen LogP contribution in [0.5, 0.6) is 0 Å². The van der Waals surface area contributed by atoms with Gasteiger partial charge in [-0.25, -0.2) is 18.2 Å². The van der Waals surface area contributed by atoms with Crippen LogP contribution in [0.1, 0.15) is 29.0 Å². The molecule has 2 rings (SSSR count). The number of ether oxygens (including phenoxy) is 1. The monoisotopic (exact) mass is 288 g/mol. The Morgan fingerprint density at radius 1 is 1.58 bits per heavy atom. The molecule has 1 atom stereocenters. The van der Waals surface area contributed by atoms with Crippen LogP contribution < -0.4 is 0 Å². The fourth-order valence-corrected chi connectivity index (χ4v) is 3.13. The summed E-state index contributed by atoms with van der Waals surface area (Å²) in [5, 5.41) is 8.91. The van der Waals surface area contributed by atoms with E-state index in [1.165, 1.54) is 11.6 Å². The Morgan fingerprint density at radius 3 is 2.74 bits per heavy atom. The molecule has 1 aliphatic heterocycles. The first-order chi connectivity index (χ1) is 8.80. The summed E-state index contributed by atoms with van der Waals surface area (Å²) >= 11 is 0. The zero-order valence-electron chi connectivity index (χ0n) is 10.8. The molecule has 7 nitrogen and oxygen atoms in total. The van der Waals surface area contributed by atoms with E-state index in [0.29, 0.717) is 18.7 Å². The number of imidazole rings is 1. The average Bonchev–Trinajstić information content (AvgIpc) is 2.87. The lowest BCUT2D eigenvalue weighted by molar-refractivity contribution is 0.0686. The maximum atomic E-state index is 11.6. The standard InChI is InChI=1S/C11H16N2O5S/c1-13-8(6-7-4-3-5-18-7)9(10(14)15)12-11(13)19(2,16)17/h7H,3-6H2,1-2H3,(H,14,15). The van der Waals surface area contributed by atoms with Crippen LogP contribution in [-0.2, 0) is 28.0 Å². The van der Waals surface area contributed by atoms with Crippen molar-refractivity contribution >= 4 is 15.8 Å². The van der Waals surface area contributed by atoms with E-state index < -0.39 is 15.8 Å². The van der Waals surface area contributed by atoms with Gasteiger partial charge in [0.1, 0.15) is 0 Å². The van der Waals surface area contributed by atoms with Crippen LogP contribution in [-0.4, -0.2) is 48.0 Å². The second kappa shape index (κ2) is 4.93. The summed E-state index contributed by atoms with van der Waals surface area (Å²) < 4.78 is 29.9. The van der Waals surface area contributed by atoms with Crippen LogP contribution in [0, 0.1) is 0 Å². The molecule has 19 heavy (non-hydrogen) atoms. The molecule has 0 spiro atoms. The Hall–Kier alpha value is -1.41. The lowest BCUT2D eigenvalue weighted by Gasteiger charge is -2.11. The molecule has 8 heteroatoms. The van der Waals surface area contributed by atoms with Gasteiger partial charge in [0.25, 0.3) is 0 Å². The molecule has 0 bridgehead atoms. The van der Waals surface area contributed by atoms with Crippen LogP contribution >= 0.6 is 0 Å². The highest BCUT2D eigenvalue weighted by atomic mass is 32.2. The third-order valence-electron chi connectivity index (χ3n) is 3.15. The molecule has 0 amide bonds. The first-order valence-corrected chi connectivity index (χ1v) is 7.80. The minimum Gasteiger partial charge on any atom is -0.476 e. The number of aromatic nitrogens is 2. The van der Waals surface area contributed by atoms with Crippen molar-refractivity contribution in [3.05, 3.63) is 11.4 Å². The number of hydrogen-bond donors (Lipinski definition) is 1. The van der Waals surface area contributed by atoms with Gasteiger partial charge < -0.3 is 14.4 Å².